The summed E-state index contributed by atoms with van der Waals surface area (Å²) in [6.45, 7) is 1.47. The molecular weight excluding hydrogens is 259 g/mol. The Labute approximate surface area is 115 Å². The molecule has 0 heterocycles. The Hall–Kier alpha value is -2.69. The molecule has 0 atom stereocenters. The van der Waals surface area contributed by atoms with Gasteiger partial charge in [-0.05, 0) is 49.4 Å². The third kappa shape index (κ3) is 3.00. The van der Waals surface area contributed by atoms with E-state index in [9.17, 15) is 14.0 Å². The van der Waals surface area contributed by atoms with E-state index >= 15 is 0 Å². The number of hydrogen-bond acceptors (Lipinski definition) is 3. The topological polar surface area (TPSA) is 72.2 Å². The van der Waals surface area contributed by atoms with Crippen molar-refractivity contribution in [3.63, 3.8) is 0 Å². The molecule has 5 heteroatoms. The molecule has 0 fully saturated rings. The molecule has 0 aliphatic heterocycles. The van der Waals surface area contributed by atoms with Crippen LogP contribution in [-0.2, 0) is 0 Å². The second-order valence-electron chi connectivity index (χ2n) is 4.32. The zero-order valence-electron chi connectivity index (χ0n) is 10.8. The minimum absolute atomic E-state index is 0.0503. The summed E-state index contributed by atoms with van der Waals surface area (Å²) in [5.41, 5.74) is 6.95. The van der Waals surface area contributed by atoms with Crippen LogP contribution in [-0.4, -0.2) is 11.7 Å². The minimum Gasteiger partial charge on any atom is -0.398 e. The lowest BCUT2D eigenvalue weighted by molar-refractivity contribution is 0.101. The van der Waals surface area contributed by atoms with Crippen LogP contribution in [0.25, 0.3) is 0 Å². The van der Waals surface area contributed by atoms with Crippen molar-refractivity contribution in [2.75, 3.05) is 11.1 Å². The van der Waals surface area contributed by atoms with Crippen molar-refractivity contribution in [3.05, 3.63) is 59.4 Å². The fourth-order valence-corrected chi connectivity index (χ4v) is 1.73. The first kappa shape index (κ1) is 13.7. The van der Waals surface area contributed by atoms with Crippen LogP contribution in [0, 0.1) is 5.82 Å². The molecule has 0 aliphatic rings. The van der Waals surface area contributed by atoms with E-state index in [1.54, 1.807) is 24.3 Å². The highest BCUT2D eigenvalue weighted by Crippen LogP contribution is 2.16. The van der Waals surface area contributed by atoms with Gasteiger partial charge in [0, 0.05) is 16.9 Å². The maximum Gasteiger partial charge on any atom is 0.257 e. The number of benzene rings is 2. The molecule has 0 saturated carbocycles. The fraction of sp³-hybridized carbons (Fsp3) is 0.0667. The van der Waals surface area contributed by atoms with E-state index in [-0.39, 0.29) is 17.0 Å². The summed E-state index contributed by atoms with van der Waals surface area (Å²) in [5.74, 6) is -0.978. The molecule has 20 heavy (non-hydrogen) atoms. The van der Waals surface area contributed by atoms with E-state index in [1.807, 2.05) is 0 Å². The highest BCUT2D eigenvalue weighted by molar-refractivity contribution is 6.07. The van der Waals surface area contributed by atoms with Crippen molar-refractivity contribution >= 4 is 23.1 Å². The molecule has 0 aliphatic carbocycles. The maximum absolute atomic E-state index is 12.9. The van der Waals surface area contributed by atoms with Gasteiger partial charge >= 0.3 is 0 Å². The Morgan fingerprint density at radius 2 is 1.75 bits per heavy atom. The van der Waals surface area contributed by atoms with Gasteiger partial charge in [-0.2, -0.15) is 0 Å². The van der Waals surface area contributed by atoms with Crippen LogP contribution in [0.4, 0.5) is 15.8 Å². The van der Waals surface area contributed by atoms with E-state index in [4.69, 9.17) is 5.73 Å². The number of anilines is 2. The van der Waals surface area contributed by atoms with Gasteiger partial charge in [0.2, 0.25) is 0 Å². The Morgan fingerprint density at radius 3 is 2.30 bits per heavy atom. The zero-order chi connectivity index (χ0) is 14.7. The van der Waals surface area contributed by atoms with Gasteiger partial charge in [0.25, 0.3) is 5.91 Å². The SMILES string of the molecule is CC(=O)c1ccc(NC(=O)c2ccc(F)cc2N)cc1. The summed E-state index contributed by atoms with van der Waals surface area (Å²) >= 11 is 0. The van der Waals surface area contributed by atoms with Crippen LogP contribution in [0.15, 0.2) is 42.5 Å². The van der Waals surface area contributed by atoms with Crippen molar-refractivity contribution in [2.45, 2.75) is 6.92 Å². The van der Waals surface area contributed by atoms with E-state index in [0.29, 0.717) is 11.3 Å². The molecule has 4 nitrogen and oxygen atoms in total. The van der Waals surface area contributed by atoms with Crippen LogP contribution < -0.4 is 11.1 Å². The minimum atomic E-state index is -0.495. The summed E-state index contributed by atoms with van der Waals surface area (Å²) in [5, 5.41) is 2.63. The number of amides is 1. The normalized spacial score (nSPS) is 10.1. The van der Waals surface area contributed by atoms with Crippen molar-refractivity contribution in [1.29, 1.82) is 0 Å². The monoisotopic (exact) mass is 272 g/mol. The van der Waals surface area contributed by atoms with Gasteiger partial charge in [-0.3, -0.25) is 9.59 Å². The fourth-order valence-electron chi connectivity index (χ4n) is 1.73. The van der Waals surface area contributed by atoms with Crippen LogP contribution in [0.3, 0.4) is 0 Å². The lowest BCUT2D eigenvalue weighted by atomic mass is 10.1. The van der Waals surface area contributed by atoms with Crippen molar-refractivity contribution < 1.29 is 14.0 Å². The van der Waals surface area contributed by atoms with Crippen LogP contribution >= 0.6 is 0 Å². The van der Waals surface area contributed by atoms with Crippen molar-refractivity contribution in [2.24, 2.45) is 0 Å². The van der Waals surface area contributed by atoms with E-state index in [2.05, 4.69) is 5.32 Å². The summed E-state index contributed by atoms with van der Waals surface area (Å²) < 4.78 is 12.9. The van der Waals surface area contributed by atoms with Crippen LogP contribution in [0.1, 0.15) is 27.6 Å². The molecule has 0 spiro atoms. The molecule has 0 aromatic heterocycles. The van der Waals surface area contributed by atoms with Gasteiger partial charge in [-0.1, -0.05) is 0 Å². The number of hydrogen-bond donors (Lipinski definition) is 2. The number of carbonyl (C=O) groups excluding carboxylic acids is 2. The molecule has 102 valence electrons. The summed E-state index contributed by atoms with van der Waals surface area (Å²) in [4.78, 5) is 23.1. The van der Waals surface area contributed by atoms with Crippen LogP contribution in [0.2, 0.25) is 0 Å². The Morgan fingerprint density at radius 1 is 1.10 bits per heavy atom. The molecule has 3 N–H and O–H groups in total. The predicted molar refractivity (Wildman–Crippen MR) is 75.2 cm³/mol. The van der Waals surface area contributed by atoms with E-state index < -0.39 is 11.7 Å². The van der Waals surface area contributed by atoms with E-state index in [1.165, 1.54) is 19.1 Å². The first-order chi connectivity index (χ1) is 9.47. The van der Waals surface area contributed by atoms with Gasteiger partial charge in [-0.15, -0.1) is 0 Å². The number of nitrogen functional groups attached to an aromatic ring is 1. The van der Waals surface area contributed by atoms with Gasteiger partial charge < -0.3 is 11.1 Å². The molecule has 0 bridgehead atoms. The third-order valence-corrected chi connectivity index (χ3v) is 2.81. The largest absolute Gasteiger partial charge is 0.398 e. The molecule has 2 aromatic rings. The first-order valence-electron chi connectivity index (χ1n) is 5.95. The number of halogens is 1. The van der Waals surface area contributed by atoms with Gasteiger partial charge in [0.1, 0.15) is 5.82 Å². The predicted octanol–water partition coefficient (Wildman–Crippen LogP) is 2.86. The number of ketones is 1. The highest BCUT2D eigenvalue weighted by Gasteiger charge is 2.10. The van der Waals surface area contributed by atoms with Crippen molar-refractivity contribution in [3.8, 4) is 0 Å². The zero-order valence-corrected chi connectivity index (χ0v) is 10.8. The number of rotatable bonds is 3. The second-order valence-corrected chi connectivity index (χ2v) is 4.32. The molecule has 1 amide bonds. The van der Waals surface area contributed by atoms with Gasteiger partial charge in [0.15, 0.2) is 5.78 Å². The third-order valence-electron chi connectivity index (χ3n) is 2.81. The van der Waals surface area contributed by atoms with Crippen LogP contribution in [0.5, 0.6) is 0 Å². The lowest BCUT2D eigenvalue weighted by Crippen LogP contribution is -2.14. The molecule has 0 unspecified atom stereocenters. The molecule has 2 rings (SSSR count). The average Bonchev–Trinajstić information content (AvgIpc) is 2.39. The molecule has 2 aromatic carbocycles. The number of carbonyl (C=O) groups is 2. The molecule has 0 radical (unpaired) electrons. The maximum atomic E-state index is 12.9. The standard InChI is InChI=1S/C15H13FN2O2/c1-9(19)10-2-5-12(6-3-10)18-15(20)13-7-4-11(16)8-14(13)17/h2-8H,17H2,1H3,(H,18,20). The Bertz CT molecular complexity index is 666. The number of Topliss-reactive ketones (excluding diaryl/α,β-unsaturated/α-hetero) is 1. The summed E-state index contributed by atoms with van der Waals surface area (Å²) in [6.07, 6.45) is 0. The smallest absolute Gasteiger partial charge is 0.257 e. The lowest BCUT2D eigenvalue weighted by Gasteiger charge is -2.08. The van der Waals surface area contributed by atoms with Gasteiger partial charge in [0.05, 0.1) is 5.56 Å². The first-order valence-corrected chi connectivity index (χ1v) is 5.95. The van der Waals surface area contributed by atoms with E-state index in [0.717, 1.165) is 6.07 Å². The quantitative estimate of drug-likeness (QED) is 0.666. The Balaban J connectivity index is 2.17. The summed E-state index contributed by atoms with van der Waals surface area (Å²) in [7, 11) is 0. The average molecular weight is 272 g/mol. The number of nitrogens with two attached hydrogens (primary N) is 1. The highest BCUT2D eigenvalue weighted by atomic mass is 19.1. The summed E-state index contributed by atoms with van der Waals surface area (Å²) in [6, 6.07) is 10.1. The molecular formula is C15H13FN2O2. The number of nitrogens with one attached hydrogen (secondary N) is 1. The Kier molecular flexibility index (Phi) is 3.79. The van der Waals surface area contributed by atoms with Crippen molar-refractivity contribution in [1.82, 2.24) is 0 Å². The van der Waals surface area contributed by atoms with Gasteiger partial charge in [-0.25, -0.2) is 4.39 Å². The molecule has 0 saturated heterocycles. The second kappa shape index (κ2) is 5.52.